The summed E-state index contributed by atoms with van der Waals surface area (Å²) in [4.78, 5) is 10.3. The van der Waals surface area contributed by atoms with Crippen molar-refractivity contribution in [2.75, 3.05) is 6.61 Å². The highest BCUT2D eigenvalue weighted by Gasteiger charge is 2.04. The Morgan fingerprint density at radius 2 is 2.46 bits per heavy atom. The minimum atomic E-state index is 0.159. The molecular weight excluding hydrogens is 188 g/mol. The van der Waals surface area contributed by atoms with Crippen molar-refractivity contribution >= 4 is 18.0 Å². The molecule has 0 aliphatic heterocycles. The van der Waals surface area contributed by atoms with Crippen molar-refractivity contribution in [3.8, 4) is 0 Å². The van der Waals surface area contributed by atoms with Crippen LogP contribution < -0.4 is 0 Å². The van der Waals surface area contributed by atoms with Crippen LogP contribution in [0, 0.1) is 0 Å². The third-order valence-electron chi connectivity index (χ3n) is 1.57. The fourth-order valence-electron chi connectivity index (χ4n) is 0.813. The minimum absolute atomic E-state index is 0.159. The monoisotopic (exact) mass is 200 g/mol. The van der Waals surface area contributed by atoms with Crippen molar-refractivity contribution in [3.63, 3.8) is 0 Å². The first kappa shape index (κ1) is 10.3. The van der Waals surface area contributed by atoms with Gasteiger partial charge in [-0.15, -0.1) is 11.8 Å². The van der Waals surface area contributed by atoms with E-state index in [1.54, 1.807) is 23.9 Å². The summed E-state index contributed by atoms with van der Waals surface area (Å²) in [5.74, 6) is 1.81. The lowest BCUT2D eigenvalue weighted by Crippen LogP contribution is -2.01. The van der Waals surface area contributed by atoms with E-state index in [0.717, 1.165) is 5.76 Å². The molecule has 0 bridgehead atoms. The second-order valence-electron chi connectivity index (χ2n) is 2.73. The molecule has 0 radical (unpaired) electrons. The number of carbonyl (C=O) groups is 1. The van der Waals surface area contributed by atoms with Gasteiger partial charge in [-0.25, -0.2) is 0 Å². The maximum absolute atomic E-state index is 10.3. The maximum atomic E-state index is 10.3. The first-order chi connectivity index (χ1) is 6.26. The fraction of sp³-hybridized carbons (Fsp3) is 0.444. The molecule has 0 spiro atoms. The van der Waals surface area contributed by atoms with Crippen LogP contribution in [0.5, 0.6) is 0 Å². The molecule has 0 amide bonds. The van der Waals surface area contributed by atoms with Crippen molar-refractivity contribution in [2.45, 2.75) is 17.9 Å². The number of hydrogen-bond acceptors (Lipinski definition) is 4. The largest absolute Gasteiger partial charge is 0.457 e. The van der Waals surface area contributed by atoms with Crippen molar-refractivity contribution in [1.29, 1.82) is 0 Å². The van der Waals surface area contributed by atoms with Gasteiger partial charge in [0.15, 0.2) is 12.0 Å². The van der Waals surface area contributed by atoms with Gasteiger partial charge >= 0.3 is 0 Å². The summed E-state index contributed by atoms with van der Waals surface area (Å²) in [6.45, 7) is 2.10. The Morgan fingerprint density at radius 1 is 1.69 bits per heavy atom. The Balaban J connectivity index is 2.40. The van der Waals surface area contributed by atoms with Gasteiger partial charge in [0.05, 0.1) is 12.4 Å². The number of aliphatic hydroxyl groups excluding tert-OH is 1. The third kappa shape index (κ3) is 3.24. The average molecular weight is 200 g/mol. The molecule has 0 aliphatic rings. The molecule has 1 rings (SSSR count). The first-order valence-electron chi connectivity index (χ1n) is 4.02. The summed E-state index contributed by atoms with van der Waals surface area (Å²) in [6, 6.07) is 3.42. The molecule has 13 heavy (non-hydrogen) atoms. The second-order valence-corrected chi connectivity index (χ2v) is 4.15. The normalized spacial score (nSPS) is 12.8. The highest BCUT2D eigenvalue weighted by Crippen LogP contribution is 2.18. The van der Waals surface area contributed by atoms with Crippen LogP contribution in [0.15, 0.2) is 16.5 Å². The van der Waals surface area contributed by atoms with Crippen LogP contribution in [0.2, 0.25) is 0 Å². The minimum Gasteiger partial charge on any atom is -0.457 e. The summed E-state index contributed by atoms with van der Waals surface area (Å²) in [5.41, 5.74) is 0. The number of rotatable bonds is 5. The molecule has 4 heteroatoms. The molecule has 0 fully saturated rings. The van der Waals surface area contributed by atoms with E-state index in [1.165, 1.54) is 0 Å². The van der Waals surface area contributed by atoms with Gasteiger partial charge in [-0.05, 0) is 12.1 Å². The van der Waals surface area contributed by atoms with Crippen LogP contribution in [0.3, 0.4) is 0 Å². The van der Waals surface area contributed by atoms with Gasteiger partial charge in [0.25, 0.3) is 0 Å². The van der Waals surface area contributed by atoms with Gasteiger partial charge in [0.1, 0.15) is 5.76 Å². The van der Waals surface area contributed by atoms with Crippen LogP contribution in [0.25, 0.3) is 0 Å². The molecule has 1 aromatic rings. The van der Waals surface area contributed by atoms with Gasteiger partial charge in [-0.1, -0.05) is 6.92 Å². The molecule has 1 atom stereocenters. The lowest BCUT2D eigenvalue weighted by atomic mass is 10.4. The van der Waals surface area contributed by atoms with E-state index in [9.17, 15) is 4.79 Å². The van der Waals surface area contributed by atoms with Crippen molar-refractivity contribution in [2.24, 2.45) is 0 Å². The van der Waals surface area contributed by atoms with Crippen LogP contribution in [0.1, 0.15) is 23.2 Å². The smallest absolute Gasteiger partial charge is 0.185 e. The quantitative estimate of drug-likeness (QED) is 0.735. The molecule has 3 nitrogen and oxygen atoms in total. The Hall–Kier alpha value is -0.740. The molecule has 0 saturated heterocycles. The predicted octanol–water partition coefficient (Wildman–Crippen LogP) is 1.71. The number of carbonyl (C=O) groups excluding carboxylic acids is 1. The number of furan rings is 1. The fourth-order valence-corrected chi connectivity index (χ4v) is 1.52. The molecule has 72 valence electrons. The molecule has 0 aliphatic carbocycles. The molecule has 1 unspecified atom stereocenters. The van der Waals surface area contributed by atoms with Gasteiger partial charge in [0.2, 0.25) is 0 Å². The maximum Gasteiger partial charge on any atom is 0.185 e. The zero-order chi connectivity index (χ0) is 9.68. The lowest BCUT2D eigenvalue weighted by molar-refractivity contribution is 0.109. The van der Waals surface area contributed by atoms with Gasteiger partial charge in [0, 0.05) is 5.25 Å². The van der Waals surface area contributed by atoms with E-state index in [0.29, 0.717) is 17.8 Å². The summed E-state index contributed by atoms with van der Waals surface area (Å²) in [7, 11) is 0. The van der Waals surface area contributed by atoms with E-state index in [-0.39, 0.29) is 11.9 Å². The Labute approximate surface area is 81.1 Å². The van der Waals surface area contributed by atoms with E-state index >= 15 is 0 Å². The highest BCUT2D eigenvalue weighted by molar-refractivity contribution is 7.99. The second kappa shape index (κ2) is 5.09. The summed E-state index contributed by atoms with van der Waals surface area (Å²) < 4.78 is 5.16. The topological polar surface area (TPSA) is 50.4 Å². The summed E-state index contributed by atoms with van der Waals surface area (Å²) in [6.07, 6.45) is 0.684. The number of aliphatic hydroxyl groups is 1. The average Bonchev–Trinajstić information content (AvgIpc) is 2.61. The van der Waals surface area contributed by atoms with E-state index in [2.05, 4.69) is 0 Å². The highest BCUT2D eigenvalue weighted by atomic mass is 32.2. The van der Waals surface area contributed by atoms with Crippen molar-refractivity contribution < 1.29 is 14.3 Å². The van der Waals surface area contributed by atoms with Gasteiger partial charge < -0.3 is 9.52 Å². The van der Waals surface area contributed by atoms with Crippen LogP contribution in [-0.2, 0) is 5.75 Å². The zero-order valence-corrected chi connectivity index (χ0v) is 8.21. The van der Waals surface area contributed by atoms with Crippen molar-refractivity contribution in [3.05, 3.63) is 23.7 Å². The zero-order valence-electron chi connectivity index (χ0n) is 7.40. The number of thioether (sulfide) groups is 1. The predicted molar refractivity (Wildman–Crippen MR) is 51.9 cm³/mol. The van der Waals surface area contributed by atoms with E-state index in [1.807, 2.05) is 6.92 Å². The van der Waals surface area contributed by atoms with E-state index in [4.69, 9.17) is 9.52 Å². The molecular formula is C9H12O3S. The molecule has 1 heterocycles. The Bertz CT molecular complexity index is 270. The lowest BCUT2D eigenvalue weighted by Gasteiger charge is -2.04. The number of hydrogen-bond donors (Lipinski definition) is 1. The summed E-state index contributed by atoms with van der Waals surface area (Å²) >= 11 is 1.59. The van der Waals surface area contributed by atoms with Gasteiger partial charge in [-0.2, -0.15) is 0 Å². The van der Waals surface area contributed by atoms with Gasteiger partial charge in [-0.3, -0.25) is 4.79 Å². The SMILES string of the molecule is CC(CO)SCc1ccc(C=O)o1. The standard InChI is InChI=1S/C9H12O3S/c1-7(4-10)13-6-9-3-2-8(5-11)12-9/h2-3,5,7,10H,4,6H2,1H3. The van der Waals surface area contributed by atoms with Crippen LogP contribution in [-0.4, -0.2) is 23.2 Å². The third-order valence-corrected chi connectivity index (χ3v) is 2.74. The first-order valence-corrected chi connectivity index (χ1v) is 5.07. The van der Waals surface area contributed by atoms with E-state index < -0.39 is 0 Å². The van der Waals surface area contributed by atoms with Crippen LogP contribution in [0.4, 0.5) is 0 Å². The summed E-state index contributed by atoms with van der Waals surface area (Å²) in [5, 5.41) is 8.96. The molecule has 1 aromatic heterocycles. The number of aldehydes is 1. The Morgan fingerprint density at radius 3 is 3.00 bits per heavy atom. The van der Waals surface area contributed by atoms with Crippen LogP contribution >= 0.6 is 11.8 Å². The molecule has 0 saturated carbocycles. The Kier molecular flexibility index (Phi) is 4.05. The van der Waals surface area contributed by atoms with Crippen molar-refractivity contribution in [1.82, 2.24) is 0 Å². The molecule has 1 N–H and O–H groups in total. The molecule has 0 aromatic carbocycles.